The average molecular weight is 631 g/mol. The predicted molar refractivity (Wildman–Crippen MR) is 167 cm³/mol. The molecule has 0 saturated carbocycles. The fourth-order valence-corrected chi connectivity index (χ4v) is 7.73. The smallest absolute Gasteiger partial charge is 0.319 e. The molecule has 4 saturated heterocycles. The molecule has 1 amide bonds. The summed E-state index contributed by atoms with van der Waals surface area (Å²) in [5, 5.41) is 2.58. The number of anilines is 1. The fourth-order valence-electron chi connectivity index (χ4n) is 7.45. The molecule has 0 radical (unpaired) electrons. The third-order valence-corrected chi connectivity index (χ3v) is 10.1. The lowest BCUT2D eigenvalue weighted by molar-refractivity contribution is -0.179. The molecule has 4 aromatic rings. The zero-order valence-corrected chi connectivity index (χ0v) is 25.4. The topological polar surface area (TPSA) is 101 Å². The van der Waals surface area contributed by atoms with Crippen molar-refractivity contribution in [2.75, 3.05) is 50.8 Å². The molecule has 45 heavy (non-hydrogen) atoms. The van der Waals surface area contributed by atoms with Crippen LogP contribution < -0.4 is 9.64 Å². The van der Waals surface area contributed by atoms with Crippen molar-refractivity contribution in [3.8, 4) is 17.3 Å². The van der Waals surface area contributed by atoms with E-state index in [0.717, 1.165) is 49.5 Å². The Morgan fingerprint density at radius 1 is 1.04 bits per heavy atom. The van der Waals surface area contributed by atoms with Crippen LogP contribution in [-0.4, -0.2) is 94.1 Å². The van der Waals surface area contributed by atoms with Crippen LogP contribution in [0.3, 0.4) is 0 Å². The Labute approximate surface area is 264 Å². The summed E-state index contributed by atoms with van der Waals surface area (Å²) in [4.78, 5) is 44.3. The summed E-state index contributed by atoms with van der Waals surface area (Å²) in [6.45, 7) is 4.31. The van der Waals surface area contributed by atoms with Crippen molar-refractivity contribution in [3.05, 3.63) is 53.4 Å². The number of hydrogen-bond donors (Lipinski definition) is 0. The first-order valence-electron chi connectivity index (χ1n) is 15.6. The molecule has 0 N–H and O–H groups in total. The van der Waals surface area contributed by atoms with Crippen LogP contribution >= 0.6 is 11.6 Å². The Morgan fingerprint density at radius 2 is 1.78 bits per heavy atom. The Morgan fingerprint density at radius 3 is 2.51 bits per heavy atom. The average Bonchev–Trinajstić information content (AvgIpc) is 3.63. The lowest BCUT2D eigenvalue weighted by Crippen LogP contribution is -2.55. The van der Waals surface area contributed by atoms with Crippen molar-refractivity contribution < 1.29 is 23.5 Å². The highest BCUT2D eigenvalue weighted by Gasteiger charge is 2.45. The quantitative estimate of drug-likeness (QED) is 0.283. The lowest BCUT2D eigenvalue weighted by atomic mass is 9.95. The van der Waals surface area contributed by atoms with E-state index in [-0.39, 0.29) is 41.1 Å². The maximum absolute atomic E-state index is 16.7. The van der Waals surface area contributed by atoms with Crippen molar-refractivity contribution in [2.24, 2.45) is 0 Å². The molecule has 2 aromatic heterocycles. The van der Waals surface area contributed by atoms with Crippen molar-refractivity contribution in [3.63, 3.8) is 0 Å². The van der Waals surface area contributed by atoms with Crippen molar-refractivity contribution in [2.45, 2.75) is 43.7 Å². The van der Waals surface area contributed by atoms with E-state index in [1.54, 1.807) is 17.2 Å². The highest BCUT2D eigenvalue weighted by molar-refractivity contribution is 6.36. The molecule has 2 aromatic carbocycles. The van der Waals surface area contributed by atoms with Gasteiger partial charge in [0.25, 0.3) is 5.91 Å². The number of halogens is 2. The van der Waals surface area contributed by atoms with Crippen LogP contribution in [0.2, 0.25) is 5.02 Å². The molecule has 1 unspecified atom stereocenters. The number of carbonyl (C=O) groups excluding carboxylic acids is 2. The van der Waals surface area contributed by atoms with E-state index in [2.05, 4.69) is 14.9 Å². The maximum atomic E-state index is 16.7. The van der Waals surface area contributed by atoms with Gasteiger partial charge >= 0.3 is 12.0 Å². The molecule has 0 spiro atoms. The second-order valence-corrected chi connectivity index (χ2v) is 12.8. The summed E-state index contributed by atoms with van der Waals surface area (Å²) >= 11 is 6.60. The number of nitrogens with zero attached hydrogens (tertiary/aromatic N) is 6. The fraction of sp³-hybridized carbons (Fsp3) is 0.424. The van der Waals surface area contributed by atoms with E-state index in [1.807, 2.05) is 35.2 Å². The van der Waals surface area contributed by atoms with E-state index in [4.69, 9.17) is 26.1 Å². The summed E-state index contributed by atoms with van der Waals surface area (Å²) in [5.74, 6) is -0.604. The van der Waals surface area contributed by atoms with Crippen LogP contribution in [0.15, 0.2) is 42.6 Å². The van der Waals surface area contributed by atoms with E-state index < -0.39 is 11.9 Å². The summed E-state index contributed by atoms with van der Waals surface area (Å²) < 4.78 is 28.0. The summed E-state index contributed by atoms with van der Waals surface area (Å²) in [7, 11) is 0. The number of carbonyl (C=O) groups is 2. The first-order valence-corrected chi connectivity index (χ1v) is 15.9. The molecular formula is C33H32ClFN6O4. The zero-order valence-electron chi connectivity index (χ0n) is 24.7. The molecule has 4 fully saturated rings. The predicted octanol–water partition coefficient (Wildman–Crippen LogP) is 4.61. The molecule has 6 heterocycles. The highest BCUT2D eigenvalue weighted by atomic mass is 35.5. The van der Waals surface area contributed by atoms with Gasteiger partial charge in [0, 0.05) is 48.3 Å². The van der Waals surface area contributed by atoms with E-state index in [9.17, 15) is 9.59 Å². The summed E-state index contributed by atoms with van der Waals surface area (Å²) in [5.41, 5.74) is 0.821. The number of rotatable bonds is 6. The van der Waals surface area contributed by atoms with Crippen LogP contribution in [0.4, 0.5) is 10.2 Å². The second-order valence-electron chi connectivity index (χ2n) is 12.4. The molecule has 12 heteroatoms. The van der Waals surface area contributed by atoms with Gasteiger partial charge in [0.15, 0.2) is 11.9 Å². The number of benzene rings is 2. The molecule has 4 aliphatic rings. The molecule has 0 bridgehead atoms. The number of piperazine rings is 1. The Kier molecular flexibility index (Phi) is 6.98. The van der Waals surface area contributed by atoms with Crippen molar-refractivity contribution in [1.29, 1.82) is 0 Å². The molecule has 232 valence electrons. The first-order chi connectivity index (χ1) is 21.9. The highest BCUT2D eigenvalue weighted by Crippen LogP contribution is 2.40. The van der Waals surface area contributed by atoms with Gasteiger partial charge in [-0.3, -0.25) is 19.5 Å². The van der Waals surface area contributed by atoms with Gasteiger partial charge in [-0.15, -0.1) is 0 Å². The van der Waals surface area contributed by atoms with E-state index >= 15 is 4.39 Å². The zero-order chi connectivity index (χ0) is 30.7. The van der Waals surface area contributed by atoms with E-state index in [1.165, 1.54) is 0 Å². The van der Waals surface area contributed by atoms with Crippen LogP contribution in [0, 0.1) is 5.82 Å². The molecule has 8 rings (SSSR count). The number of esters is 1. The van der Waals surface area contributed by atoms with Gasteiger partial charge in [0.05, 0.1) is 17.3 Å². The number of fused-ring (bicyclic) bond motifs is 3. The number of pyridine rings is 1. The third-order valence-electron chi connectivity index (χ3n) is 9.83. The van der Waals surface area contributed by atoms with Gasteiger partial charge in [0.1, 0.15) is 23.6 Å². The minimum atomic E-state index is -0.701. The summed E-state index contributed by atoms with van der Waals surface area (Å²) in [6.07, 6.45) is 5.41. The second kappa shape index (κ2) is 11.1. The lowest BCUT2D eigenvalue weighted by Gasteiger charge is -2.38. The SMILES string of the molecule is O=C1CC(C(=O)N2CCN(c3nc(OCC45CCCN4CCC5)nc4c(F)c(-c5cccc6cccc(Cl)c56)ncc34)CC2)O1. The molecule has 0 aliphatic carbocycles. The van der Waals surface area contributed by atoms with Gasteiger partial charge in [-0.05, 0) is 50.2 Å². The van der Waals surface area contributed by atoms with Crippen molar-refractivity contribution >= 4 is 51.0 Å². The van der Waals surface area contributed by atoms with Crippen LogP contribution in [0.5, 0.6) is 6.01 Å². The first kappa shape index (κ1) is 28.4. The number of hydrogen-bond acceptors (Lipinski definition) is 9. The van der Waals surface area contributed by atoms with Crippen molar-refractivity contribution in [1.82, 2.24) is 24.8 Å². The third kappa shape index (κ3) is 4.84. The Balaban J connectivity index is 1.17. The minimum absolute atomic E-state index is 0.0307. The molecular weight excluding hydrogens is 599 g/mol. The number of amides is 1. The van der Waals surface area contributed by atoms with Gasteiger partial charge in [0.2, 0.25) is 0 Å². The maximum Gasteiger partial charge on any atom is 0.319 e. The minimum Gasteiger partial charge on any atom is -0.461 e. The normalized spacial score (nSPS) is 21.2. The van der Waals surface area contributed by atoms with Gasteiger partial charge < -0.3 is 19.3 Å². The number of aromatic nitrogens is 3. The van der Waals surface area contributed by atoms with Crippen LogP contribution in [-0.2, 0) is 14.3 Å². The van der Waals surface area contributed by atoms with Crippen LogP contribution in [0.1, 0.15) is 32.1 Å². The monoisotopic (exact) mass is 630 g/mol. The largest absolute Gasteiger partial charge is 0.461 e. The Bertz CT molecular complexity index is 1820. The molecule has 10 nitrogen and oxygen atoms in total. The van der Waals surface area contributed by atoms with E-state index in [0.29, 0.717) is 54.6 Å². The number of cyclic esters (lactones) is 1. The molecule has 4 aliphatic heterocycles. The van der Waals surface area contributed by atoms with Gasteiger partial charge in [-0.2, -0.15) is 9.97 Å². The Hall–Kier alpha value is -4.09. The summed E-state index contributed by atoms with van der Waals surface area (Å²) in [6, 6.07) is 11.3. The van der Waals surface area contributed by atoms with Crippen LogP contribution in [0.25, 0.3) is 32.9 Å². The number of ether oxygens (including phenoxy) is 2. The van der Waals surface area contributed by atoms with Gasteiger partial charge in [-0.1, -0.05) is 41.9 Å². The standard InChI is InChI=1S/C33H32ClFN6O4/c34-23-8-2-6-20-5-1-7-21(26(20)23)28-27(35)29-22(18-36-28)30(39-13-15-40(16-14-39)31(43)24-17-25(42)45-24)38-32(37-29)44-19-33-9-3-11-41(33)12-4-10-33/h1-2,5-8,18,24H,3-4,9-17,19H2. The van der Waals surface area contributed by atoms with Gasteiger partial charge in [-0.25, -0.2) is 4.39 Å². The molecule has 1 atom stereocenters.